The van der Waals surface area contributed by atoms with Crippen LogP contribution < -0.4 is 5.73 Å². The summed E-state index contributed by atoms with van der Waals surface area (Å²) in [7, 11) is 0. The summed E-state index contributed by atoms with van der Waals surface area (Å²) in [4.78, 5) is 0.829. The van der Waals surface area contributed by atoms with Crippen molar-refractivity contribution in [3.05, 3.63) is 46.7 Å². The van der Waals surface area contributed by atoms with E-state index in [0.29, 0.717) is 6.42 Å². The van der Waals surface area contributed by atoms with Crippen molar-refractivity contribution in [3.8, 4) is 0 Å². The average Bonchev–Trinajstić information content (AvgIpc) is 2.98. The lowest BCUT2D eigenvalue weighted by atomic mass is 9.96. The highest BCUT2D eigenvalue weighted by atomic mass is 32.1. The van der Waals surface area contributed by atoms with E-state index in [2.05, 4.69) is 36.1 Å². The lowest BCUT2D eigenvalue weighted by Gasteiger charge is -2.13. The zero-order valence-corrected chi connectivity index (χ0v) is 13.3. The van der Waals surface area contributed by atoms with Gasteiger partial charge in [0.2, 0.25) is 4.96 Å². The molecule has 5 nitrogen and oxygen atoms in total. The molecule has 0 saturated heterocycles. The third kappa shape index (κ3) is 2.82. The van der Waals surface area contributed by atoms with Gasteiger partial charge in [-0.25, -0.2) is 0 Å². The van der Waals surface area contributed by atoms with E-state index >= 15 is 0 Å². The van der Waals surface area contributed by atoms with Gasteiger partial charge in [-0.15, -0.1) is 10.2 Å². The molecule has 0 aliphatic heterocycles. The Bertz CT molecular complexity index is 738. The predicted octanol–water partition coefficient (Wildman–Crippen LogP) is 2.73. The van der Waals surface area contributed by atoms with Crippen LogP contribution in [0.5, 0.6) is 0 Å². The van der Waals surface area contributed by atoms with Crippen molar-refractivity contribution in [1.82, 2.24) is 19.8 Å². The Kier molecular flexibility index (Phi) is 3.51. The van der Waals surface area contributed by atoms with E-state index in [0.717, 1.165) is 21.4 Å². The van der Waals surface area contributed by atoms with Gasteiger partial charge in [-0.1, -0.05) is 62.4 Å². The van der Waals surface area contributed by atoms with Gasteiger partial charge in [0.25, 0.3) is 0 Å². The Morgan fingerprint density at radius 1 is 1.19 bits per heavy atom. The van der Waals surface area contributed by atoms with Crippen molar-refractivity contribution in [1.29, 1.82) is 0 Å². The molecule has 0 aliphatic rings. The normalized spacial score (nSPS) is 13.7. The van der Waals surface area contributed by atoms with Crippen LogP contribution in [0.1, 0.15) is 43.2 Å². The lowest BCUT2D eigenvalue weighted by molar-refractivity contribution is 0.525. The maximum atomic E-state index is 6.26. The number of rotatable bonds is 3. The Labute approximate surface area is 127 Å². The highest BCUT2D eigenvalue weighted by molar-refractivity contribution is 7.16. The summed E-state index contributed by atoms with van der Waals surface area (Å²) in [6, 6.07) is 10.1. The minimum atomic E-state index is -0.0771. The van der Waals surface area contributed by atoms with E-state index in [4.69, 9.17) is 5.73 Å². The molecule has 1 aromatic carbocycles. The molecule has 0 amide bonds. The molecular formula is C15H19N5S. The molecule has 0 bridgehead atoms. The molecule has 1 atom stereocenters. The Hall–Kier alpha value is -1.79. The van der Waals surface area contributed by atoms with Crippen LogP contribution in [0.2, 0.25) is 0 Å². The maximum absolute atomic E-state index is 6.26. The minimum Gasteiger partial charge on any atom is -0.324 e. The number of benzene rings is 1. The second kappa shape index (κ2) is 5.20. The first-order valence-electron chi connectivity index (χ1n) is 6.97. The van der Waals surface area contributed by atoms with Crippen LogP contribution in [0.25, 0.3) is 4.96 Å². The molecular weight excluding hydrogens is 282 g/mol. The molecule has 0 spiro atoms. The van der Waals surface area contributed by atoms with Crippen LogP contribution in [-0.2, 0) is 11.8 Å². The van der Waals surface area contributed by atoms with Crippen LogP contribution in [0, 0.1) is 0 Å². The molecule has 2 heterocycles. The maximum Gasteiger partial charge on any atom is 0.234 e. The highest BCUT2D eigenvalue weighted by Gasteiger charge is 2.23. The number of aromatic nitrogens is 4. The van der Waals surface area contributed by atoms with Crippen LogP contribution in [0.4, 0.5) is 0 Å². The monoisotopic (exact) mass is 301 g/mol. The molecule has 1 unspecified atom stereocenters. The van der Waals surface area contributed by atoms with Gasteiger partial charge in [-0.2, -0.15) is 9.61 Å². The molecule has 3 aromatic rings. The second-order valence-electron chi connectivity index (χ2n) is 6.19. The molecule has 3 rings (SSSR count). The van der Waals surface area contributed by atoms with E-state index in [-0.39, 0.29) is 11.5 Å². The molecule has 0 fully saturated rings. The van der Waals surface area contributed by atoms with Crippen molar-refractivity contribution in [2.75, 3.05) is 0 Å². The number of hydrogen-bond acceptors (Lipinski definition) is 5. The summed E-state index contributed by atoms with van der Waals surface area (Å²) in [5.74, 6) is 0.883. The lowest BCUT2D eigenvalue weighted by Crippen LogP contribution is -2.17. The largest absolute Gasteiger partial charge is 0.324 e. The smallest absolute Gasteiger partial charge is 0.234 e. The van der Waals surface area contributed by atoms with E-state index in [1.54, 1.807) is 11.3 Å². The van der Waals surface area contributed by atoms with Crippen molar-refractivity contribution < 1.29 is 0 Å². The first kappa shape index (κ1) is 14.2. The number of hydrogen-bond donors (Lipinski definition) is 1. The third-order valence-electron chi connectivity index (χ3n) is 3.33. The third-order valence-corrected chi connectivity index (χ3v) is 4.25. The van der Waals surface area contributed by atoms with Crippen molar-refractivity contribution in [3.63, 3.8) is 0 Å². The summed E-state index contributed by atoms with van der Waals surface area (Å²) in [6.45, 7) is 6.33. The van der Waals surface area contributed by atoms with Gasteiger partial charge in [-0.05, 0) is 5.56 Å². The van der Waals surface area contributed by atoms with Gasteiger partial charge in [0, 0.05) is 17.9 Å². The number of fused-ring (bicyclic) bond motifs is 1. The SMILES string of the molecule is CC(C)(C)c1nnc2sc(CC(N)c3ccccc3)nn12. The topological polar surface area (TPSA) is 69.1 Å². The van der Waals surface area contributed by atoms with Gasteiger partial charge in [-0.3, -0.25) is 0 Å². The number of nitrogens with two attached hydrogens (primary N) is 1. The van der Waals surface area contributed by atoms with Crippen molar-refractivity contribution in [2.45, 2.75) is 38.6 Å². The second-order valence-corrected chi connectivity index (χ2v) is 7.23. The van der Waals surface area contributed by atoms with E-state index in [1.165, 1.54) is 0 Å². The standard InChI is InChI=1S/C15H19N5S/c1-15(2,3)13-17-18-14-20(13)19-12(21-14)9-11(16)10-7-5-4-6-8-10/h4-8,11H,9,16H2,1-3H3. The first-order valence-corrected chi connectivity index (χ1v) is 7.79. The fraction of sp³-hybridized carbons (Fsp3) is 0.400. The molecule has 6 heteroatoms. The Morgan fingerprint density at radius 2 is 1.90 bits per heavy atom. The number of nitrogens with zero attached hydrogens (tertiary/aromatic N) is 4. The molecule has 2 aromatic heterocycles. The summed E-state index contributed by atoms with van der Waals surface area (Å²) in [5.41, 5.74) is 7.31. The molecule has 0 aliphatic carbocycles. The molecule has 110 valence electrons. The fourth-order valence-corrected chi connectivity index (χ4v) is 3.10. The first-order chi connectivity index (χ1) is 9.95. The van der Waals surface area contributed by atoms with E-state index in [9.17, 15) is 0 Å². The minimum absolute atomic E-state index is 0.0481. The van der Waals surface area contributed by atoms with Gasteiger partial charge >= 0.3 is 0 Å². The average molecular weight is 301 g/mol. The molecule has 0 saturated carbocycles. The Morgan fingerprint density at radius 3 is 2.57 bits per heavy atom. The highest BCUT2D eigenvalue weighted by Crippen LogP contribution is 2.25. The van der Waals surface area contributed by atoms with Crippen LogP contribution in [0.15, 0.2) is 30.3 Å². The summed E-state index contributed by atoms with van der Waals surface area (Å²) in [6.07, 6.45) is 0.710. The summed E-state index contributed by atoms with van der Waals surface area (Å²) < 4.78 is 1.84. The molecule has 2 N–H and O–H groups in total. The van der Waals surface area contributed by atoms with Crippen molar-refractivity contribution >= 4 is 16.3 Å². The molecule has 0 radical (unpaired) electrons. The van der Waals surface area contributed by atoms with Crippen molar-refractivity contribution in [2.24, 2.45) is 5.73 Å². The summed E-state index contributed by atoms with van der Waals surface area (Å²) >= 11 is 1.56. The zero-order valence-electron chi connectivity index (χ0n) is 12.4. The van der Waals surface area contributed by atoms with Gasteiger partial charge in [0.1, 0.15) is 5.01 Å². The fourth-order valence-electron chi connectivity index (χ4n) is 2.21. The van der Waals surface area contributed by atoms with Gasteiger partial charge in [0.15, 0.2) is 5.82 Å². The van der Waals surface area contributed by atoms with E-state index in [1.807, 2.05) is 34.8 Å². The quantitative estimate of drug-likeness (QED) is 0.807. The summed E-state index contributed by atoms with van der Waals surface area (Å²) in [5, 5.41) is 14.1. The predicted molar refractivity (Wildman–Crippen MR) is 84.4 cm³/mol. The van der Waals surface area contributed by atoms with Crippen LogP contribution >= 0.6 is 11.3 Å². The van der Waals surface area contributed by atoms with E-state index < -0.39 is 0 Å². The van der Waals surface area contributed by atoms with Crippen LogP contribution in [-0.4, -0.2) is 19.8 Å². The molecule has 21 heavy (non-hydrogen) atoms. The van der Waals surface area contributed by atoms with Crippen LogP contribution in [0.3, 0.4) is 0 Å². The Balaban J connectivity index is 1.87. The zero-order chi connectivity index (χ0) is 15.0. The van der Waals surface area contributed by atoms with Gasteiger partial charge < -0.3 is 5.73 Å². The van der Waals surface area contributed by atoms with Gasteiger partial charge in [0.05, 0.1) is 0 Å².